The van der Waals surface area contributed by atoms with E-state index in [0.717, 1.165) is 5.56 Å². The number of carbonyl (C=O) groups is 2. The molecule has 0 aromatic heterocycles. The number of hydrogen-bond donors (Lipinski definition) is 0. The Labute approximate surface area is 175 Å². The van der Waals surface area contributed by atoms with Crippen LogP contribution in [0, 0.1) is 6.92 Å². The van der Waals surface area contributed by atoms with Crippen LogP contribution in [0.1, 0.15) is 40.4 Å². The Morgan fingerprint density at radius 2 is 1.53 bits per heavy atom. The number of ether oxygens (including phenoxy) is 1. The summed E-state index contributed by atoms with van der Waals surface area (Å²) in [6, 6.07) is 25.5. The lowest BCUT2D eigenvalue weighted by atomic mass is 9.85. The third-order valence-electron chi connectivity index (χ3n) is 5.35. The first-order valence-electron chi connectivity index (χ1n) is 9.89. The normalized spacial score (nSPS) is 18.5. The second kappa shape index (κ2) is 7.95. The van der Waals surface area contributed by atoms with Gasteiger partial charge in [-0.05, 0) is 43.2 Å². The van der Waals surface area contributed by atoms with Crippen molar-refractivity contribution < 1.29 is 14.3 Å². The van der Waals surface area contributed by atoms with E-state index in [4.69, 9.17) is 4.74 Å². The maximum Gasteiger partial charge on any atom is 0.345 e. The fourth-order valence-electron chi connectivity index (χ4n) is 3.64. The predicted molar refractivity (Wildman–Crippen MR) is 115 cm³/mol. The number of cyclic esters (lactones) is 1. The van der Waals surface area contributed by atoms with E-state index in [9.17, 15) is 9.59 Å². The molecule has 1 aliphatic rings. The second-order valence-corrected chi connectivity index (χ2v) is 7.22. The van der Waals surface area contributed by atoms with Gasteiger partial charge in [-0.3, -0.25) is 4.79 Å². The van der Waals surface area contributed by atoms with Gasteiger partial charge >= 0.3 is 5.97 Å². The van der Waals surface area contributed by atoms with Crippen molar-refractivity contribution >= 4 is 17.8 Å². The van der Waals surface area contributed by atoms with Crippen molar-refractivity contribution in [1.82, 2.24) is 5.01 Å². The molecule has 0 N–H and O–H groups in total. The van der Waals surface area contributed by atoms with Crippen LogP contribution in [0.5, 0.6) is 0 Å². The summed E-state index contributed by atoms with van der Waals surface area (Å²) < 4.78 is 5.70. The molecule has 1 atom stereocenters. The number of esters is 1. The molecular weight excluding hydrogens is 376 g/mol. The SMILES string of the molecule is CC[C@@]1(c2ccc(C)cc2)C(=O)OC(c2ccccc2)=NN1C(=O)c1ccccc1. The predicted octanol–water partition coefficient (Wildman–Crippen LogP) is 4.66. The molecule has 5 heteroatoms. The number of hydrazone groups is 1. The molecule has 0 unspecified atom stereocenters. The maximum atomic E-state index is 13.5. The number of amides is 1. The van der Waals surface area contributed by atoms with Crippen LogP contribution < -0.4 is 0 Å². The average Bonchev–Trinajstić information content (AvgIpc) is 2.80. The van der Waals surface area contributed by atoms with Crippen LogP contribution in [0.4, 0.5) is 0 Å². The fraction of sp³-hybridized carbons (Fsp3) is 0.160. The highest BCUT2D eigenvalue weighted by Crippen LogP contribution is 2.38. The molecule has 0 saturated heterocycles. The van der Waals surface area contributed by atoms with E-state index >= 15 is 0 Å². The molecule has 0 spiro atoms. The number of aryl methyl sites for hydroxylation is 1. The third kappa shape index (κ3) is 3.28. The Hall–Kier alpha value is -3.73. The van der Waals surface area contributed by atoms with Crippen LogP contribution in [-0.4, -0.2) is 22.8 Å². The summed E-state index contributed by atoms with van der Waals surface area (Å²) in [5, 5.41) is 5.85. The zero-order valence-electron chi connectivity index (χ0n) is 16.9. The maximum absolute atomic E-state index is 13.5. The fourth-order valence-corrected chi connectivity index (χ4v) is 3.64. The van der Waals surface area contributed by atoms with Gasteiger partial charge in [-0.2, -0.15) is 0 Å². The average molecular weight is 398 g/mol. The zero-order chi connectivity index (χ0) is 21.1. The zero-order valence-corrected chi connectivity index (χ0v) is 16.9. The molecular formula is C25H22N2O3. The quantitative estimate of drug-likeness (QED) is 0.601. The van der Waals surface area contributed by atoms with E-state index in [1.54, 1.807) is 36.4 Å². The Morgan fingerprint density at radius 3 is 2.13 bits per heavy atom. The lowest BCUT2D eigenvalue weighted by Crippen LogP contribution is -2.56. The van der Waals surface area contributed by atoms with E-state index in [-0.39, 0.29) is 11.8 Å². The van der Waals surface area contributed by atoms with E-state index in [0.29, 0.717) is 23.1 Å². The standard InChI is InChI=1S/C25H22N2O3/c1-3-25(21-16-14-18(2)15-17-21)24(29)30-22(19-10-6-4-7-11-19)26-27(25)23(28)20-12-8-5-9-13-20/h4-17H,3H2,1-2H3/t25-/m1/s1. The van der Waals surface area contributed by atoms with Crippen LogP contribution in [-0.2, 0) is 15.1 Å². The van der Waals surface area contributed by atoms with Crippen LogP contribution in [0.2, 0.25) is 0 Å². The van der Waals surface area contributed by atoms with Crippen molar-refractivity contribution in [2.45, 2.75) is 25.8 Å². The molecule has 150 valence electrons. The summed E-state index contributed by atoms with van der Waals surface area (Å²) in [7, 11) is 0. The summed E-state index contributed by atoms with van der Waals surface area (Å²) >= 11 is 0. The van der Waals surface area contributed by atoms with Gasteiger partial charge in [-0.1, -0.05) is 73.2 Å². The Bertz CT molecular complexity index is 1090. The van der Waals surface area contributed by atoms with Gasteiger partial charge in [0.2, 0.25) is 5.90 Å². The lowest BCUT2D eigenvalue weighted by molar-refractivity contribution is -0.152. The number of hydrogen-bond acceptors (Lipinski definition) is 4. The van der Waals surface area contributed by atoms with E-state index in [2.05, 4.69) is 5.10 Å². The largest absolute Gasteiger partial charge is 0.403 e. The van der Waals surface area contributed by atoms with Gasteiger partial charge < -0.3 is 4.74 Å². The van der Waals surface area contributed by atoms with Gasteiger partial charge in [0, 0.05) is 11.1 Å². The summed E-state index contributed by atoms with van der Waals surface area (Å²) in [5.41, 5.74) is 1.46. The molecule has 0 aliphatic carbocycles. The minimum Gasteiger partial charge on any atom is -0.403 e. The Balaban J connectivity index is 1.91. The molecule has 0 bridgehead atoms. The summed E-state index contributed by atoms with van der Waals surface area (Å²) in [6.45, 7) is 3.83. The number of benzene rings is 3. The summed E-state index contributed by atoms with van der Waals surface area (Å²) in [4.78, 5) is 27.0. The highest BCUT2D eigenvalue weighted by molar-refractivity contribution is 6.08. The van der Waals surface area contributed by atoms with Crippen molar-refractivity contribution in [2.24, 2.45) is 5.10 Å². The van der Waals surface area contributed by atoms with Gasteiger partial charge in [-0.25, -0.2) is 9.80 Å². The molecule has 4 rings (SSSR count). The highest BCUT2D eigenvalue weighted by atomic mass is 16.6. The first kappa shape index (κ1) is 19.6. The van der Waals surface area contributed by atoms with E-state index in [1.165, 1.54) is 5.01 Å². The molecule has 0 fully saturated rings. The molecule has 30 heavy (non-hydrogen) atoms. The summed E-state index contributed by atoms with van der Waals surface area (Å²) in [5.74, 6) is -0.767. The van der Waals surface area contributed by atoms with Crippen molar-refractivity contribution in [3.63, 3.8) is 0 Å². The minimum atomic E-state index is -1.35. The van der Waals surface area contributed by atoms with Crippen molar-refractivity contribution in [2.75, 3.05) is 0 Å². The third-order valence-corrected chi connectivity index (χ3v) is 5.35. The topological polar surface area (TPSA) is 59.0 Å². The first-order valence-corrected chi connectivity index (χ1v) is 9.89. The van der Waals surface area contributed by atoms with Crippen LogP contribution in [0.3, 0.4) is 0 Å². The second-order valence-electron chi connectivity index (χ2n) is 7.22. The summed E-state index contributed by atoms with van der Waals surface area (Å²) in [6.07, 6.45) is 0.318. The molecule has 3 aromatic carbocycles. The highest BCUT2D eigenvalue weighted by Gasteiger charge is 2.52. The number of carbonyl (C=O) groups excluding carboxylic acids is 2. The number of rotatable bonds is 4. The molecule has 1 heterocycles. The lowest BCUT2D eigenvalue weighted by Gasteiger charge is -2.41. The van der Waals surface area contributed by atoms with Crippen molar-refractivity contribution in [3.8, 4) is 0 Å². The van der Waals surface area contributed by atoms with Crippen LogP contribution >= 0.6 is 0 Å². The van der Waals surface area contributed by atoms with Gasteiger partial charge in [0.05, 0.1) is 0 Å². The van der Waals surface area contributed by atoms with Gasteiger partial charge in [0.15, 0.2) is 5.54 Å². The molecule has 1 aliphatic heterocycles. The van der Waals surface area contributed by atoms with Crippen LogP contribution in [0.25, 0.3) is 0 Å². The van der Waals surface area contributed by atoms with Crippen molar-refractivity contribution in [3.05, 3.63) is 107 Å². The van der Waals surface area contributed by atoms with Gasteiger partial charge in [-0.15, -0.1) is 5.10 Å². The molecule has 1 amide bonds. The van der Waals surface area contributed by atoms with Crippen molar-refractivity contribution in [1.29, 1.82) is 0 Å². The minimum absolute atomic E-state index is 0.112. The van der Waals surface area contributed by atoms with E-state index in [1.807, 2.05) is 62.4 Å². The van der Waals surface area contributed by atoms with Gasteiger partial charge in [0.25, 0.3) is 5.91 Å². The first-order chi connectivity index (χ1) is 14.6. The van der Waals surface area contributed by atoms with E-state index < -0.39 is 11.5 Å². The monoisotopic (exact) mass is 398 g/mol. The molecule has 0 saturated carbocycles. The molecule has 0 radical (unpaired) electrons. The van der Waals surface area contributed by atoms with Gasteiger partial charge in [0.1, 0.15) is 0 Å². The Morgan fingerprint density at radius 1 is 0.933 bits per heavy atom. The smallest absolute Gasteiger partial charge is 0.345 e. The Kier molecular flexibility index (Phi) is 5.19. The molecule has 3 aromatic rings. The van der Waals surface area contributed by atoms with Crippen LogP contribution in [0.15, 0.2) is 90.0 Å². The molecule has 5 nitrogen and oxygen atoms in total. The number of nitrogens with zero attached hydrogens (tertiary/aromatic N) is 2.